The van der Waals surface area contributed by atoms with Crippen molar-refractivity contribution in [3.05, 3.63) is 0 Å². The molecule has 1 N–H and O–H groups in total. The predicted octanol–water partition coefficient (Wildman–Crippen LogP) is 0.709. The van der Waals surface area contributed by atoms with Gasteiger partial charge in [-0.2, -0.15) is 0 Å². The zero-order valence-electron chi connectivity index (χ0n) is 11.5. The Morgan fingerprint density at radius 3 is 2.83 bits per heavy atom. The molecule has 0 aromatic rings. The van der Waals surface area contributed by atoms with Gasteiger partial charge in [0.15, 0.2) is 5.96 Å². The van der Waals surface area contributed by atoms with Crippen molar-refractivity contribution in [2.45, 2.75) is 25.3 Å². The molecule has 0 bridgehead atoms. The van der Waals surface area contributed by atoms with Crippen molar-refractivity contribution >= 4 is 5.96 Å². The van der Waals surface area contributed by atoms with Crippen LogP contribution in [0.25, 0.3) is 0 Å². The van der Waals surface area contributed by atoms with Crippen LogP contribution in [-0.2, 0) is 9.47 Å². The lowest BCUT2D eigenvalue weighted by Crippen LogP contribution is -2.41. The standard InChI is InChI=1S/C13H25N3O2/c1-14-13(15-12-3-4-12)16-6-5-11(9-16)10-18-8-7-17-2/h11-12H,3-10H2,1-2H3,(H,14,15). The highest BCUT2D eigenvalue weighted by molar-refractivity contribution is 5.80. The van der Waals surface area contributed by atoms with E-state index < -0.39 is 0 Å². The molecule has 0 spiro atoms. The average Bonchev–Trinajstić information content (AvgIpc) is 3.09. The minimum Gasteiger partial charge on any atom is -0.382 e. The highest BCUT2D eigenvalue weighted by Crippen LogP contribution is 2.21. The second kappa shape index (κ2) is 6.95. The van der Waals surface area contributed by atoms with E-state index in [1.54, 1.807) is 7.11 Å². The van der Waals surface area contributed by atoms with Crippen LogP contribution < -0.4 is 5.32 Å². The Bertz CT molecular complexity index is 279. The van der Waals surface area contributed by atoms with Crippen LogP contribution in [0.5, 0.6) is 0 Å². The Morgan fingerprint density at radius 1 is 1.33 bits per heavy atom. The van der Waals surface area contributed by atoms with Crippen LogP contribution in [0.4, 0.5) is 0 Å². The van der Waals surface area contributed by atoms with Crippen molar-refractivity contribution in [3.63, 3.8) is 0 Å². The molecule has 1 unspecified atom stereocenters. The summed E-state index contributed by atoms with van der Waals surface area (Å²) in [5, 5.41) is 3.49. The number of rotatable bonds is 6. The van der Waals surface area contributed by atoms with E-state index in [0.717, 1.165) is 25.7 Å². The molecule has 5 nitrogen and oxygen atoms in total. The van der Waals surface area contributed by atoms with Crippen LogP contribution in [0, 0.1) is 5.92 Å². The fraction of sp³-hybridized carbons (Fsp3) is 0.923. The van der Waals surface area contributed by atoms with Crippen LogP contribution in [0.2, 0.25) is 0 Å². The smallest absolute Gasteiger partial charge is 0.193 e. The van der Waals surface area contributed by atoms with Crippen molar-refractivity contribution in [1.29, 1.82) is 0 Å². The molecule has 1 aliphatic heterocycles. The van der Waals surface area contributed by atoms with Gasteiger partial charge in [0.1, 0.15) is 0 Å². The first-order valence-electron chi connectivity index (χ1n) is 6.88. The van der Waals surface area contributed by atoms with E-state index in [-0.39, 0.29) is 0 Å². The van der Waals surface area contributed by atoms with Gasteiger partial charge in [-0.3, -0.25) is 4.99 Å². The number of hydrogen-bond donors (Lipinski definition) is 1. The molecule has 5 heteroatoms. The molecule has 0 aromatic carbocycles. The summed E-state index contributed by atoms with van der Waals surface area (Å²) in [6, 6.07) is 0.667. The van der Waals surface area contributed by atoms with Gasteiger partial charge in [-0.1, -0.05) is 0 Å². The maximum Gasteiger partial charge on any atom is 0.193 e. The second-order valence-electron chi connectivity index (χ2n) is 5.13. The molecule has 1 aliphatic carbocycles. The van der Waals surface area contributed by atoms with Gasteiger partial charge in [0.2, 0.25) is 0 Å². The van der Waals surface area contributed by atoms with Crippen molar-refractivity contribution in [1.82, 2.24) is 10.2 Å². The minimum atomic E-state index is 0.625. The lowest BCUT2D eigenvalue weighted by atomic mass is 10.1. The summed E-state index contributed by atoms with van der Waals surface area (Å²) < 4.78 is 10.6. The first-order valence-corrected chi connectivity index (χ1v) is 6.88. The normalized spacial score (nSPS) is 24.7. The predicted molar refractivity (Wildman–Crippen MR) is 71.9 cm³/mol. The van der Waals surface area contributed by atoms with Crippen LogP contribution >= 0.6 is 0 Å². The highest BCUT2D eigenvalue weighted by Gasteiger charge is 2.28. The molecule has 2 aliphatic rings. The molecule has 1 saturated carbocycles. The van der Waals surface area contributed by atoms with Crippen LogP contribution in [0.15, 0.2) is 4.99 Å². The number of nitrogens with one attached hydrogen (secondary N) is 1. The summed E-state index contributed by atoms with van der Waals surface area (Å²) in [6.07, 6.45) is 3.77. The third-order valence-electron chi connectivity index (χ3n) is 3.49. The number of ether oxygens (including phenoxy) is 2. The third-order valence-corrected chi connectivity index (χ3v) is 3.49. The van der Waals surface area contributed by atoms with Crippen LogP contribution in [0.3, 0.4) is 0 Å². The first-order chi connectivity index (χ1) is 8.83. The van der Waals surface area contributed by atoms with Crippen molar-refractivity contribution in [3.8, 4) is 0 Å². The van der Waals surface area contributed by atoms with E-state index in [4.69, 9.17) is 9.47 Å². The maximum absolute atomic E-state index is 5.60. The molecule has 2 fully saturated rings. The molecule has 2 rings (SSSR count). The van der Waals surface area contributed by atoms with E-state index in [9.17, 15) is 0 Å². The number of nitrogens with zero attached hydrogens (tertiary/aromatic N) is 2. The average molecular weight is 255 g/mol. The van der Waals surface area contributed by atoms with E-state index >= 15 is 0 Å². The number of aliphatic imine (C=N–C) groups is 1. The number of likely N-dealkylation sites (tertiary alicyclic amines) is 1. The fourth-order valence-electron chi connectivity index (χ4n) is 2.26. The number of methoxy groups -OCH3 is 1. The number of guanidine groups is 1. The van der Waals surface area contributed by atoms with Gasteiger partial charge < -0.3 is 19.7 Å². The summed E-state index contributed by atoms with van der Waals surface area (Å²) in [5.41, 5.74) is 0. The Hall–Kier alpha value is -0.810. The lowest BCUT2D eigenvalue weighted by Gasteiger charge is -2.21. The van der Waals surface area contributed by atoms with E-state index in [1.165, 1.54) is 19.3 Å². The fourth-order valence-corrected chi connectivity index (χ4v) is 2.26. The van der Waals surface area contributed by atoms with Gasteiger partial charge in [-0.15, -0.1) is 0 Å². The molecule has 0 radical (unpaired) electrons. The third kappa shape index (κ3) is 4.14. The SMILES string of the molecule is CN=C(NC1CC1)N1CCC(COCCOC)C1. The molecular formula is C13H25N3O2. The Labute approximate surface area is 110 Å². The van der Waals surface area contributed by atoms with E-state index in [0.29, 0.717) is 25.2 Å². The van der Waals surface area contributed by atoms with Crippen molar-refractivity contribution < 1.29 is 9.47 Å². The summed E-state index contributed by atoms with van der Waals surface area (Å²) in [7, 11) is 3.57. The monoisotopic (exact) mass is 255 g/mol. The van der Waals surface area contributed by atoms with Crippen molar-refractivity contribution in [2.75, 3.05) is 47.1 Å². The Balaban J connectivity index is 1.66. The van der Waals surface area contributed by atoms with Crippen LogP contribution in [0.1, 0.15) is 19.3 Å². The van der Waals surface area contributed by atoms with Gasteiger partial charge in [0.05, 0.1) is 19.8 Å². The molecule has 104 valence electrons. The Kier molecular flexibility index (Phi) is 5.26. The van der Waals surface area contributed by atoms with Crippen LogP contribution in [-0.4, -0.2) is 64.0 Å². The molecule has 18 heavy (non-hydrogen) atoms. The summed E-state index contributed by atoms with van der Waals surface area (Å²) in [4.78, 5) is 6.71. The van der Waals surface area contributed by atoms with Gasteiger partial charge in [-0.05, 0) is 19.3 Å². The van der Waals surface area contributed by atoms with Gasteiger partial charge >= 0.3 is 0 Å². The van der Waals surface area contributed by atoms with Gasteiger partial charge in [-0.25, -0.2) is 0 Å². The van der Waals surface area contributed by atoms with Crippen molar-refractivity contribution in [2.24, 2.45) is 10.9 Å². The Morgan fingerprint density at radius 2 is 2.17 bits per heavy atom. The second-order valence-corrected chi connectivity index (χ2v) is 5.13. The van der Waals surface area contributed by atoms with E-state index in [1.807, 2.05) is 7.05 Å². The molecular weight excluding hydrogens is 230 g/mol. The highest BCUT2D eigenvalue weighted by atomic mass is 16.5. The number of hydrogen-bond acceptors (Lipinski definition) is 3. The molecule has 1 heterocycles. The van der Waals surface area contributed by atoms with Gasteiger partial charge in [0, 0.05) is 39.2 Å². The van der Waals surface area contributed by atoms with E-state index in [2.05, 4.69) is 15.2 Å². The zero-order chi connectivity index (χ0) is 12.8. The maximum atomic E-state index is 5.60. The summed E-state index contributed by atoms with van der Waals surface area (Å²) in [5.74, 6) is 1.69. The quantitative estimate of drug-likeness (QED) is 0.431. The molecule has 0 amide bonds. The molecule has 1 saturated heterocycles. The topological polar surface area (TPSA) is 46.1 Å². The molecule has 1 atom stereocenters. The van der Waals surface area contributed by atoms with Gasteiger partial charge in [0.25, 0.3) is 0 Å². The largest absolute Gasteiger partial charge is 0.382 e. The minimum absolute atomic E-state index is 0.625. The molecule has 0 aromatic heterocycles. The summed E-state index contributed by atoms with van der Waals surface area (Å²) >= 11 is 0. The first kappa shape index (κ1) is 13.6. The lowest BCUT2D eigenvalue weighted by molar-refractivity contribution is 0.0536. The zero-order valence-corrected chi connectivity index (χ0v) is 11.5. The summed E-state index contributed by atoms with van der Waals surface area (Å²) in [6.45, 7) is 4.35.